The second kappa shape index (κ2) is 8.43. The number of aromatic amines is 1. The highest BCUT2D eigenvalue weighted by molar-refractivity contribution is 6.09. The Hall–Kier alpha value is -4.54. The Balaban J connectivity index is 1.56. The fourth-order valence-electron chi connectivity index (χ4n) is 3.52. The van der Waals surface area contributed by atoms with E-state index in [1.807, 2.05) is 11.4 Å². The minimum atomic E-state index is -4.94. The van der Waals surface area contributed by atoms with Crippen LogP contribution in [0.3, 0.4) is 0 Å². The summed E-state index contributed by atoms with van der Waals surface area (Å²) in [5, 5.41) is 14.5. The zero-order valence-electron chi connectivity index (χ0n) is 17.1. The first-order valence-corrected chi connectivity index (χ1v) is 9.73. The number of nitrogens with two attached hydrogens (primary N) is 1. The number of phenolic OH excluding ortho intramolecular Hbond substituents is 1. The third kappa shape index (κ3) is 4.35. The van der Waals surface area contributed by atoms with E-state index in [2.05, 4.69) is 10.3 Å². The van der Waals surface area contributed by atoms with Crippen LogP contribution in [0.15, 0.2) is 60.7 Å². The third-order valence-electron chi connectivity index (χ3n) is 5.02. The molecule has 0 radical (unpaired) electrons. The Labute approximate surface area is 189 Å². The molecule has 0 saturated carbocycles. The van der Waals surface area contributed by atoms with Crippen LogP contribution in [0.25, 0.3) is 22.0 Å². The minimum Gasteiger partial charge on any atom is -0.507 e. The van der Waals surface area contributed by atoms with Gasteiger partial charge in [-0.25, -0.2) is 9.18 Å². The number of carbonyl (C=O) groups is 2. The molecule has 4 rings (SSSR count). The van der Waals surface area contributed by atoms with Gasteiger partial charge in [0, 0.05) is 28.2 Å². The summed E-state index contributed by atoms with van der Waals surface area (Å²) in [7, 11) is 0. The Morgan fingerprint density at radius 1 is 0.971 bits per heavy atom. The van der Waals surface area contributed by atoms with Gasteiger partial charge in [-0.1, -0.05) is 30.3 Å². The first kappa shape index (κ1) is 22.6. The van der Waals surface area contributed by atoms with Gasteiger partial charge in [0.15, 0.2) is 0 Å². The number of H-pyrrole nitrogens is 1. The molecule has 3 aromatic carbocycles. The molecule has 0 aliphatic carbocycles. The minimum absolute atomic E-state index is 0.211. The molecule has 0 fully saturated rings. The highest BCUT2D eigenvalue weighted by Crippen LogP contribution is 2.38. The van der Waals surface area contributed by atoms with Crippen LogP contribution in [-0.4, -0.2) is 22.0 Å². The maximum atomic E-state index is 13.9. The molecule has 6 N–H and O–H groups in total. The summed E-state index contributed by atoms with van der Waals surface area (Å²) in [5.74, 6) is -3.18. The number of benzene rings is 3. The molecular weight excluding hydrogens is 456 g/mol. The molecule has 1 aromatic heterocycles. The van der Waals surface area contributed by atoms with E-state index in [-0.39, 0.29) is 17.4 Å². The highest BCUT2D eigenvalue weighted by Gasteiger charge is 2.35. The first-order valence-electron chi connectivity index (χ1n) is 9.73. The summed E-state index contributed by atoms with van der Waals surface area (Å²) in [4.78, 5) is 27.1. The SMILES string of the molecule is NC(=O)c1[nH]c2ccccc2c1-c1ccc(NC(=O)Nc2cc(C(F)(F)F)c(O)cc2F)cc1. The number of alkyl halides is 3. The van der Waals surface area contributed by atoms with Gasteiger partial charge < -0.3 is 26.5 Å². The number of anilines is 2. The first-order chi connectivity index (χ1) is 16.0. The van der Waals surface area contributed by atoms with Crippen LogP contribution in [0, 0.1) is 5.82 Å². The standard InChI is InChI=1S/C23H16F4N4O3/c24-15-10-18(32)14(23(25,26)27)9-17(15)31-22(34)29-12-7-5-11(6-8-12)19-13-3-1-2-4-16(13)30-20(19)21(28)33/h1-10,30,32H,(H2,28,33)(H2,29,31,34). The predicted octanol–water partition coefficient (Wildman–Crippen LogP) is 5.44. The number of carbonyl (C=O) groups excluding carboxylic acids is 2. The summed E-state index contributed by atoms with van der Waals surface area (Å²) in [6, 6.07) is 13.0. The Morgan fingerprint density at radius 2 is 1.65 bits per heavy atom. The van der Waals surface area contributed by atoms with Crippen LogP contribution in [-0.2, 0) is 6.18 Å². The van der Waals surface area contributed by atoms with Gasteiger partial charge in [-0.05, 0) is 29.8 Å². The van der Waals surface area contributed by atoms with Crippen LogP contribution in [0.2, 0.25) is 0 Å². The molecule has 0 spiro atoms. The molecule has 174 valence electrons. The molecule has 0 aliphatic rings. The highest BCUT2D eigenvalue weighted by atomic mass is 19.4. The van der Waals surface area contributed by atoms with Crippen molar-refractivity contribution in [1.29, 1.82) is 0 Å². The Kier molecular flexibility index (Phi) is 5.61. The van der Waals surface area contributed by atoms with Crippen molar-refractivity contribution in [3.8, 4) is 16.9 Å². The maximum absolute atomic E-state index is 13.9. The monoisotopic (exact) mass is 472 g/mol. The molecule has 1 heterocycles. The lowest BCUT2D eigenvalue weighted by molar-refractivity contribution is -0.138. The van der Waals surface area contributed by atoms with Gasteiger partial charge in [-0.15, -0.1) is 0 Å². The number of urea groups is 1. The number of amides is 3. The number of phenols is 1. The van der Waals surface area contributed by atoms with Gasteiger partial charge >= 0.3 is 12.2 Å². The van der Waals surface area contributed by atoms with E-state index in [9.17, 15) is 32.3 Å². The van der Waals surface area contributed by atoms with Gasteiger partial charge in [0.2, 0.25) is 0 Å². The van der Waals surface area contributed by atoms with Crippen LogP contribution >= 0.6 is 0 Å². The van der Waals surface area contributed by atoms with Crippen molar-refractivity contribution in [2.75, 3.05) is 10.6 Å². The number of halogens is 4. The predicted molar refractivity (Wildman–Crippen MR) is 118 cm³/mol. The summed E-state index contributed by atoms with van der Waals surface area (Å²) in [6.45, 7) is 0. The smallest absolute Gasteiger partial charge is 0.420 e. The topological polar surface area (TPSA) is 120 Å². The van der Waals surface area contributed by atoms with Gasteiger partial charge in [0.25, 0.3) is 5.91 Å². The lowest BCUT2D eigenvalue weighted by Gasteiger charge is -2.13. The molecule has 11 heteroatoms. The van der Waals surface area contributed by atoms with Crippen LogP contribution in [0.1, 0.15) is 16.1 Å². The number of hydrogen-bond donors (Lipinski definition) is 5. The Morgan fingerprint density at radius 3 is 2.29 bits per heavy atom. The molecule has 0 bridgehead atoms. The summed E-state index contributed by atoms with van der Waals surface area (Å²) < 4.78 is 52.7. The molecule has 0 aliphatic heterocycles. The molecule has 0 atom stereocenters. The molecular formula is C23H16F4N4O3. The maximum Gasteiger partial charge on any atom is 0.420 e. The average molecular weight is 472 g/mol. The number of aromatic hydroxyl groups is 1. The molecule has 0 unspecified atom stereocenters. The van der Waals surface area contributed by atoms with Gasteiger partial charge in [0.05, 0.1) is 11.3 Å². The number of primary amides is 1. The number of rotatable bonds is 4. The summed E-state index contributed by atoms with van der Waals surface area (Å²) >= 11 is 0. The normalized spacial score (nSPS) is 11.4. The third-order valence-corrected chi connectivity index (χ3v) is 5.02. The quantitative estimate of drug-likeness (QED) is 0.201. The zero-order chi connectivity index (χ0) is 24.6. The lowest BCUT2D eigenvalue weighted by Crippen LogP contribution is -2.20. The molecule has 4 aromatic rings. The van der Waals surface area contributed by atoms with E-state index >= 15 is 0 Å². The zero-order valence-corrected chi connectivity index (χ0v) is 17.1. The van der Waals surface area contributed by atoms with Crippen molar-refractivity contribution in [2.45, 2.75) is 6.18 Å². The fourth-order valence-corrected chi connectivity index (χ4v) is 3.52. The number of para-hydroxylation sites is 1. The molecule has 34 heavy (non-hydrogen) atoms. The lowest BCUT2D eigenvalue weighted by atomic mass is 10.0. The summed E-state index contributed by atoms with van der Waals surface area (Å²) in [6.07, 6.45) is -4.94. The van der Waals surface area contributed by atoms with Crippen LogP contribution in [0.4, 0.5) is 33.7 Å². The van der Waals surface area contributed by atoms with Gasteiger partial charge in [0.1, 0.15) is 17.3 Å². The number of hydrogen-bond acceptors (Lipinski definition) is 3. The Bertz CT molecular complexity index is 1410. The molecule has 0 saturated heterocycles. The van der Waals surface area contributed by atoms with Crippen molar-refractivity contribution >= 4 is 34.2 Å². The van der Waals surface area contributed by atoms with Crippen LogP contribution < -0.4 is 16.4 Å². The van der Waals surface area contributed by atoms with E-state index in [4.69, 9.17) is 5.73 Å². The summed E-state index contributed by atoms with van der Waals surface area (Å²) in [5.41, 5.74) is 5.61. The van der Waals surface area contributed by atoms with E-state index in [1.54, 1.807) is 30.3 Å². The van der Waals surface area contributed by atoms with Crippen molar-refractivity contribution in [2.24, 2.45) is 5.73 Å². The number of aromatic nitrogens is 1. The van der Waals surface area contributed by atoms with Crippen molar-refractivity contribution in [3.05, 3.63) is 77.7 Å². The number of fused-ring (bicyclic) bond motifs is 1. The largest absolute Gasteiger partial charge is 0.507 e. The number of nitrogens with one attached hydrogen (secondary N) is 3. The van der Waals surface area contributed by atoms with E-state index in [0.29, 0.717) is 22.7 Å². The van der Waals surface area contributed by atoms with Gasteiger partial charge in [-0.2, -0.15) is 13.2 Å². The average Bonchev–Trinajstić information content (AvgIpc) is 3.15. The van der Waals surface area contributed by atoms with E-state index in [0.717, 1.165) is 5.39 Å². The second-order valence-corrected chi connectivity index (χ2v) is 7.29. The van der Waals surface area contributed by atoms with Crippen molar-refractivity contribution in [1.82, 2.24) is 4.98 Å². The second-order valence-electron chi connectivity index (χ2n) is 7.29. The molecule has 7 nitrogen and oxygen atoms in total. The fraction of sp³-hybridized carbons (Fsp3) is 0.0435. The van der Waals surface area contributed by atoms with E-state index < -0.39 is 40.9 Å². The molecule has 3 amide bonds. The van der Waals surface area contributed by atoms with Crippen molar-refractivity contribution in [3.63, 3.8) is 0 Å². The van der Waals surface area contributed by atoms with Crippen molar-refractivity contribution < 1.29 is 32.3 Å². The van der Waals surface area contributed by atoms with Crippen LogP contribution in [0.5, 0.6) is 5.75 Å². The van der Waals surface area contributed by atoms with E-state index in [1.165, 1.54) is 12.1 Å². The van der Waals surface area contributed by atoms with Gasteiger partial charge in [-0.3, -0.25) is 4.79 Å².